The molecule has 21 heavy (non-hydrogen) atoms. The molecular formula is C16H21N5. The van der Waals surface area contributed by atoms with Gasteiger partial charge in [0.25, 0.3) is 0 Å². The smallest absolute Gasteiger partial charge is 0.146 e. The molecule has 0 unspecified atom stereocenters. The first-order valence-corrected chi connectivity index (χ1v) is 7.39. The topological polar surface area (TPSA) is 47.7 Å². The van der Waals surface area contributed by atoms with Crippen molar-refractivity contribution in [1.82, 2.24) is 24.6 Å². The number of nitrogens with zero attached hydrogens (tertiary/aromatic N) is 4. The number of rotatable bonds is 6. The first-order valence-electron chi connectivity index (χ1n) is 7.39. The highest BCUT2D eigenvalue weighted by Gasteiger charge is 2.06. The minimum Gasteiger partial charge on any atom is -0.340 e. The lowest BCUT2D eigenvalue weighted by Crippen LogP contribution is -2.13. The molecule has 5 heteroatoms. The first-order chi connectivity index (χ1) is 10.3. The van der Waals surface area contributed by atoms with Crippen LogP contribution in [0.15, 0.2) is 36.8 Å². The number of aryl methyl sites for hydroxylation is 1. The molecule has 110 valence electrons. The summed E-state index contributed by atoms with van der Waals surface area (Å²) in [7, 11) is 1.92. The monoisotopic (exact) mass is 283 g/mol. The van der Waals surface area contributed by atoms with Crippen LogP contribution in [0.25, 0.3) is 10.9 Å². The summed E-state index contributed by atoms with van der Waals surface area (Å²) in [4.78, 5) is 4.30. The predicted octanol–water partition coefficient (Wildman–Crippen LogP) is 2.32. The quantitative estimate of drug-likeness (QED) is 0.706. The van der Waals surface area contributed by atoms with Crippen molar-refractivity contribution >= 4 is 10.9 Å². The molecule has 3 rings (SSSR count). The van der Waals surface area contributed by atoms with Crippen LogP contribution in [0.1, 0.15) is 24.7 Å². The normalized spacial score (nSPS) is 11.3. The van der Waals surface area contributed by atoms with Crippen molar-refractivity contribution in [2.75, 3.05) is 6.54 Å². The molecule has 0 spiro atoms. The highest BCUT2D eigenvalue weighted by Crippen LogP contribution is 2.18. The van der Waals surface area contributed by atoms with Crippen LogP contribution in [-0.4, -0.2) is 25.9 Å². The summed E-state index contributed by atoms with van der Waals surface area (Å²) in [6.07, 6.45) is 4.87. The lowest BCUT2D eigenvalue weighted by molar-refractivity contribution is 0.663. The van der Waals surface area contributed by atoms with Gasteiger partial charge < -0.3 is 9.88 Å². The summed E-state index contributed by atoms with van der Waals surface area (Å²) in [6, 6.07) is 8.78. The summed E-state index contributed by atoms with van der Waals surface area (Å²) in [5.41, 5.74) is 2.56. The molecule has 0 radical (unpaired) electrons. The first kappa shape index (κ1) is 13.8. The standard InChI is InChI=1S/C16H21N5/c1-3-7-17-10-13-4-5-14-6-8-21(15(14)9-13)11-16-18-12-19-20(16)2/h4-6,8-9,12,17H,3,7,10-11H2,1-2H3. The molecule has 2 heterocycles. The van der Waals surface area contributed by atoms with Crippen LogP contribution in [-0.2, 0) is 20.1 Å². The maximum absolute atomic E-state index is 4.30. The van der Waals surface area contributed by atoms with E-state index in [1.807, 2.05) is 11.7 Å². The van der Waals surface area contributed by atoms with Gasteiger partial charge in [0.1, 0.15) is 12.2 Å². The van der Waals surface area contributed by atoms with Gasteiger partial charge >= 0.3 is 0 Å². The van der Waals surface area contributed by atoms with Crippen LogP contribution >= 0.6 is 0 Å². The number of aromatic nitrogens is 4. The lowest BCUT2D eigenvalue weighted by atomic mass is 10.1. The summed E-state index contributed by atoms with van der Waals surface area (Å²) >= 11 is 0. The van der Waals surface area contributed by atoms with E-state index in [4.69, 9.17) is 0 Å². The Morgan fingerprint density at radius 2 is 2.14 bits per heavy atom. The molecule has 0 saturated carbocycles. The zero-order chi connectivity index (χ0) is 14.7. The van der Waals surface area contributed by atoms with Crippen LogP contribution in [0.4, 0.5) is 0 Å². The number of hydrogen-bond donors (Lipinski definition) is 1. The SMILES string of the molecule is CCCNCc1ccc2ccn(Cc3ncnn3C)c2c1. The molecule has 0 saturated heterocycles. The Morgan fingerprint density at radius 1 is 1.24 bits per heavy atom. The van der Waals surface area contributed by atoms with Gasteiger partial charge in [-0.25, -0.2) is 4.98 Å². The van der Waals surface area contributed by atoms with Gasteiger partial charge in [0.2, 0.25) is 0 Å². The van der Waals surface area contributed by atoms with Gasteiger partial charge in [-0.3, -0.25) is 4.68 Å². The minimum atomic E-state index is 0.742. The molecule has 0 atom stereocenters. The van der Waals surface area contributed by atoms with Gasteiger partial charge in [-0.15, -0.1) is 0 Å². The van der Waals surface area contributed by atoms with Crippen molar-refractivity contribution in [3.8, 4) is 0 Å². The third kappa shape index (κ3) is 2.97. The Hall–Kier alpha value is -2.14. The van der Waals surface area contributed by atoms with E-state index in [1.165, 1.54) is 16.5 Å². The molecular weight excluding hydrogens is 262 g/mol. The maximum atomic E-state index is 4.30. The van der Waals surface area contributed by atoms with Gasteiger partial charge in [0.15, 0.2) is 0 Å². The van der Waals surface area contributed by atoms with Crippen LogP contribution in [0.5, 0.6) is 0 Å². The van der Waals surface area contributed by atoms with E-state index in [1.54, 1.807) is 6.33 Å². The second-order valence-electron chi connectivity index (χ2n) is 5.31. The van der Waals surface area contributed by atoms with Gasteiger partial charge in [0, 0.05) is 25.3 Å². The Balaban J connectivity index is 1.85. The van der Waals surface area contributed by atoms with Crippen molar-refractivity contribution < 1.29 is 0 Å². The number of nitrogens with one attached hydrogen (secondary N) is 1. The largest absolute Gasteiger partial charge is 0.340 e. The summed E-state index contributed by atoms with van der Waals surface area (Å²) in [5, 5.41) is 8.83. The van der Waals surface area contributed by atoms with E-state index in [-0.39, 0.29) is 0 Å². The average Bonchev–Trinajstić information content (AvgIpc) is 3.07. The van der Waals surface area contributed by atoms with E-state index in [0.717, 1.165) is 31.9 Å². The second kappa shape index (κ2) is 6.10. The Bertz CT molecular complexity index is 725. The number of hydrogen-bond acceptors (Lipinski definition) is 3. The van der Waals surface area contributed by atoms with Crippen molar-refractivity contribution in [2.45, 2.75) is 26.4 Å². The zero-order valence-corrected chi connectivity index (χ0v) is 12.6. The fourth-order valence-corrected chi connectivity index (χ4v) is 2.50. The molecule has 0 aliphatic heterocycles. The fourth-order valence-electron chi connectivity index (χ4n) is 2.50. The molecule has 0 bridgehead atoms. The molecule has 3 aromatic rings. The van der Waals surface area contributed by atoms with E-state index in [9.17, 15) is 0 Å². The fraction of sp³-hybridized carbons (Fsp3) is 0.375. The van der Waals surface area contributed by atoms with Gasteiger partial charge in [-0.05, 0) is 36.0 Å². The van der Waals surface area contributed by atoms with Crippen molar-refractivity contribution in [2.24, 2.45) is 7.05 Å². The molecule has 1 aromatic carbocycles. The molecule has 0 aliphatic rings. The molecule has 1 N–H and O–H groups in total. The minimum absolute atomic E-state index is 0.742. The third-order valence-electron chi connectivity index (χ3n) is 3.71. The highest BCUT2D eigenvalue weighted by atomic mass is 15.3. The highest BCUT2D eigenvalue weighted by molar-refractivity contribution is 5.80. The zero-order valence-electron chi connectivity index (χ0n) is 12.6. The Labute approximate surface area is 124 Å². The summed E-state index contributed by atoms with van der Waals surface area (Å²) in [5.74, 6) is 0.960. The van der Waals surface area contributed by atoms with E-state index >= 15 is 0 Å². The van der Waals surface area contributed by atoms with Gasteiger partial charge in [0.05, 0.1) is 6.54 Å². The lowest BCUT2D eigenvalue weighted by Gasteiger charge is -2.07. The second-order valence-corrected chi connectivity index (χ2v) is 5.31. The Morgan fingerprint density at radius 3 is 2.90 bits per heavy atom. The Kier molecular flexibility index (Phi) is 4.01. The molecule has 2 aromatic heterocycles. The average molecular weight is 283 g/mol. The van der Waals surface area contributed by atoms with Gasteiger partial charge in [-0.1, -0.05) is 19.1 Å². The number of benzene rings is 1. The van der Waals surface area contributed by atoms with Crippen molar-refractivity contribution in [1.29, 1.82) is 0 Å². The molecule has 0 amide bonds. The van der Waals surface area contributed by atoms with E-state index in [0.29, 0.717) is 0 Å². The number of fused-ring (bicyclic) bond motifs is 1. The van der Waals surface area contributed by atoms with Crippen LogP contribution in [0, 0.1) is 0 Å². The third-order valence-corrected chi connectivity index (χ3v) is 3.71. The molecule has 5 nitrogen and oxygen atoms in total. The van der Waals surface area contributed by atoms with Crippen LogP contribution < -0.4 is 5.32 Å². The van der Waals surface area contributed by atoms with Crippen molar-refractivity contribution in [3.05, 3.63) is 48.2 Å². The summed E-state index contributed by atoms with van der Waals surface area (Å²) in [6.45, 7) is 4.89. The summed E-state index contributed by atoms with van der Waals surface area (Å²) < 4.78 is 4.04. The van der Waals surface area contributed by atoms with Gasteiger partial charge in [-0.2, -0.15) is 5.10 Å². The van der Waals surface area contributed by atoms with E-state index < -0.39 is 0 Å². The molecule has 0 fully saturated rings. The van der Waals surface area contributed by atoms with Crippen LogP contribution in [0.2, 0.25) is 0 Å². The van der Waals surface area contributed by atoms with Crippen LogP contribution in [0.3, 0.4) is 0 Å². The van der Waals surface area contributed by atoms with E-state index in [2.05, 4.69) is 57.4 Å². The predicted molar refractivity (Wildman–Crippen MR) is 84.0 cm³/mol. The maximum Gasteiger partial charge on any atom is 0.146 e. The molecule has 0 aliphatic carbocycles. The van der Waals surface area contributed by atoms with Crippen molar-refractivity contribution in [3.63, 3.8) is 0 Å².